The van der Waals surface area contributed by atoms with Crippen molar-refractivity contribution in [3.63, 3.8) is 0 Å². The standard InChI is InChI=1S/C28H19N3O3/c29-15-19-7-9-20(10-8-19)18-34-27(23-4-3-13-31-17-23)21-11-12-22(16-30)26(14-21)24-5-1-2-6-25(24)28(32)33/h1-14,17,27H,18H2,(H,32,33). The van der Waals surface area contributed by atoms with E-state index in [9.17, 15) is 15.2 Å². The van der Waals surface area contributed by atoms with E-state index in [0.717, 1.165) is 16.7 Å². The van der Waals surface area contributed by atoms with Crippen molar-refractivity contribution in [1.29, 1.82) is 10.5 Å². The number of benzene rings is 3. The van der Waals surface area contributed by atoms with Gasteiger partial charge in [0.1, 0.15) is 6.10 Å². The lowest BCUT2D eigenvalue weighted by atomic mass is 9.91. The molecule has 3 aromatic carbocycles. The number of rotatable bonds is 7. The van der Waals surface area contributed by atoms with E-state index in [4.69, 9.17) is 10.00 Å². The lowest BCUT2D eigenvalue weighted by molar-refractivity contribution is 0.0665. The predicted molar refractivity (Wildman–Crippen MR) is 126 cm³/mol. The number of hydrogen-bond donors (Lipinski definition) is 1. The number of nitriles is 2. The summed E-state index contributed by atoms with van der Waals surface area (Å²) in [6.07, 6.45) is 2.88. The zero-order chi connectivity index (χ0) is 23.9. The van der Waals surface area contributed by atoms with Gasteiger partial charge in [-0.25, -0.2) is 4.79 Å². The molecular formula is C28H19N3O3. The van der Waals surface area contributed by atoms with Gasteiger partial charge in [0.2, 0.25) is 0 Å². The van der Waals surface area contributed by atoms with Crippen LogP contribution in [0.4, 0.5) is 0 Å². The fourth-order valence-corrected chi connectivity index (χ4v) is 3.72. The van der Waals surface area contributed by atoms with Crippen LogP contribution in [0.2, 0.25) is 0 Å². The molecule has 6 nitrogen and oxygen atoms in total. The van der Waals surface area contributed by atoms with Crippen molar-refractivity contribution >= 4 is 5.97 Å². The summed E-state index contributed by atoms with van der Waals surface area (Å²) in [5.41, 5.74) is 4.52. The number of carboxylic acids is 1. The minimum atomic E-state index is -1.06. The molecule has 0 saturated heterocycles. The first kappa shape index (κ1) is 22.4. The second-order valence-corrected chi connectivity index (χ2v) is 7.55. The highest BCUT2D eigenvalue weighted by molar-refractivity contribution is 5.96. The Morgan fingerprint density at radius 2 is 1.71 bits per heavy atom. The Balaban J connectivity index is 1.76. The van der Waals surface area contributed by atoms with Gasteiger partial charge < -0.3 is 9.84 Å². The van der Waals surface area contributed by atoms with Crippen molar-refractivity contribution in [2.45, 2.75) is 12.7 Å². The van der Waals surface area contributed by atoms with Crippen molar-refractivity contribution in [3.05, 3.63) is 125 Å². The third kappa shape index (κ3) is 4.83. The van der Waals surface area contributed by atoms with Crippen molar-refractivity contribution in [1.82, 2.24) is 4.98 Å². The van der Waals surface area contributed by atoms with Gasteiger partial charge in [-0.15, -0.1) is 0 Å². The van der Waals surface area contributed by atoms with Crippen LogP contribution in [0, 0.1) is 22.7 Å². The van der Waals surface area contributed by atoms with E-state index in [1.807, 2.05) is 30.3 Å². The van der Waals surface area contributed by atoms with Crippen LogP contribution in [0.25, 0.3) is 11.1 Å². The number of aromatic carboxylic acids is 1. The number of nitrogens with zero attached hydrogens (tertiary/aromatic N) is 3. The van der Waals surface area contributed by atoms with Crippen LogP contribution < -0.4 is 0 Å². The molecular weight excluding hydrogens is 426 g/mol. The van der Waals surface area contributed by atoms with E-state index in [0.29, 0.717) is 22.3 Å². The number of pyridine rings is 1. The Kier molecular flexibility index (Phi) is 6.74. The molecule has 4 rings (SSSR count). The molecule has 4 aromatic rings. The summed E-state index contributed by atoms with van der Waals surface area (Å²) in [4.78, 5) is 16.0. The highest BCUT2D eigenvalue weighted by atomic mass is 16.5. The summed E-state index contributed by atoms with van der Waals surface area (Å²) in [7, 11) is 0. The second kappa shape index (κ2) is 10.2. The molecule has 1 atom stereocenters. The molecule has 0 saturated carbocycles. The highest BCUT2D eigenvalue weighted by Crippen LogP contribution is 2.33. The van der Waals surface area contributed by atoms with Crippen LogP contribution >= 0.6 is 0 Å². The number of hydrogen-bond acceptors (Lipinski definition) is 5. The van der Waals surface area contributed by atoms with E-state index < -0.39 is 12.1 Å². The normalized spacial score (nSPS) is 11.2. The van der Waals surface area contributed by atoms with Gasteiger partial charge in [0.25, 0.3) is 0 Å². The Morgan fingerprint density at radius 1 is 0.912 bits per heavy atom. The maximum absolute atomic E-state index is 11.8. The van der Waals surface area contributed by atoms with Crippen LogP contribution in [0.5, 0.6) is 0 Å². The zero-order valence-corrected chi connectivity index (χ0v) is 18.1. The lowest BCUT2D eigenvalue weighted by Gasteiger charge is -2.20. The molecule has 0 fully saturated rings. The molecule has 1 unspecified atom stereocenters. The van der Waals surface area contributed by atoms with Crippen LogP contribution in [0.3, 0.4) is 0 Å². The molecule has 0 bridgehead atoms. The zero-order valence-electron chi connectivity index (χ0n) is 18.1. The molecule has 1 aromatic heterocycles. The van der Waals surface area contributed by atoms with Gasteiger partial charge in [0.05, 0.1) is 35.4 Å². The van der Waals surface area contributed by atoms with Crippen molar-refractivity contribution in [3.8, 4) is 23.3 Å². The summed E-state index contributed by atoms with van der Waals surface area (Å²) in [6, 6.07) is 27.0. The van der Waals surface area contributed by atoms with Gasteiger partial charge in [0.15, 0.2) is 0 Å². The summed E-state index contributed by atoms with van der Waals surface area (Å²) >= 11 is 0. The Bertz CT molecular complexity index is 1400. The minimum absolute atomic E-state index is 0.118. The quantitative estimate of drug-likeness (QED) is 0.403. The summed E-state index contributed by atoms with van der Waals surface area (Å²) in [5.74, 6) is -1.06. The van der Waals surface area contributed by atoms with Gasteiger partial charge in [-0.2, -0.15) is 10.5 Å². The molecule has 34 heavy (non-hydrogen) atoms. The molecule has 1 N–H and O–H groups in total. The third-order valence-corrected chi connectivity index (χ3v) is 5.40. The van der Waals surface area contributed by atoms with Crippen molar-refractivity contribution in [2.75, 3.05) is 0 Å². The molecule has 0 spiro atoms. The molecule has 0 aliphatic heterocycles. The van der Waals surface area contributed by atoms with E-state index in [1.54, 1.807) is 54.9 Å². The van der Waals surface area contributed by atoms with Crippen molar-refractivity contribution in [2.24, 2.45) is 0 Å². The first-order valence-electron chi connectivity index (χ1n) is 10.5. The molecule has 164 valence electrons. The number of ether oxygens (including phenoxy) is 1. The third-order valence-electron chi connectivity index (χ3n) is 5.40. The Morgan fingerprint density at radius 3 is 2.38 bits per heavy atom. The SMILES string of the molecule is N#Cc1ccc(COC(c2cccnc2)c2ccc(C#N)c(-c3ccccc3C(=O)O)c2)cc1. The first-order chi connectivity index (χ1) is 16.6. The molecule has 0 aliphatic carbocycles. The van der Waals surface area contributed by atoms with E-state index >= 15 is 0 Å². The summed E-state index contributed by atoms with van der Waals surface area (Å²) < 4.78 is 6.29. The molecule has 0 amide bonds. The minimum Gasteiger partial charge on any atom is -0.478 e. The van der Waals surface area contributed by atoms with Gasteiger partial charge in [0, 0.05) is 23.5 Å². The molecule has 0 radical (unpaired) electrons. The summed E-state index contributed by atoms with van der Waals surface area (Å²) in [5, 5.41) is 28.4. The van der Waals surface area contributed by atoms with Crippen LogP contribution in [-0.4, -0.2) is 16.1 Å². The summed E-state index contributed by atoms with van der Waals surface area (Å²) in [6.45, 7) is 0.284. The fourth-order valence-electron chi connectivity index (χ4n) is 3.72. The average Bonchev–Trinajstić information content (AvgIpc) is 2.89. The first-order valence-corrected chi connectivity index (χ1v) is 10.5. The topological polar surface area (TPSA) is 107 Å². The van der Waals surface area contributed by atoms with Crippen LogP contribution in [0.1, 0.15) is 44.3 Å². The fraction of sp³-hybridized carbons (Fsp3) is 0.0714. The number of aromatic nitrogens is 1. The maximum Gasteiger partial charge on any atom is 0.336 e. The van der Waals surface area contributed by atoms with Crippen molar-refractivity contribution < 1.29 is 14.6 Å². The Hall–Kier alpha value is -4.78. The molecule has 0 aliphatic rings. The largest absolute Gasteiger partial charge is 0.478 e. The monoisotopic (exact) mass is 445 g/mol. The van der Waals surface area contributed by atoms with Gasteiger partial charge >= 0.3 is 5.97 Å². The van der Waals surface area contributed by atoms with Crippen LogP contribution in [-0.2, 0) is 11.3 Å². The highest BCUT2D eigenvalue weighted by Gasteiger charge is 2.20. The van der Waals surface area contributed by atoms with E-state index in [-0.39, 0.29) is 12.2 Å². The van der Waals surface area contributed by atoms with Gasteiger partial charge in [-0.3, -0.25) is 4.98 Å². The molecule has 6 heteroatoms. The van der Waals surface area contributed by atoms with E-state index in [2.05, 4.69) is 17.1 Å². The maximum atomic E-state index is 11.8. The Labute approximate surface area is 197 Å². The van der Waals surface area contributed by atoms with Gasteiger partial charge in [-0.05, 0) is 53.1 Å². The lowest BCUT2D eigenvalue weighted by Crippen LogP contribution is -2.08. The molecule has 1 heterocycles. The van der Waals surface area contributed by atoms with Gasteiger partial charge in [-0.1, -0.05) is 42.5 Å². The average molecular weight is 445 g/mol. The second-order valence-electron chi connectivity index (χ2n) is 7.55. The number of carboxylic acid groups (broad SMARTS) is 1. The van der Waals surface area contributed by atoms with E-state index in [1.165, 1.54) is 6.07 Å². The predicted octanol–water partition coefficient (Wildman–Crippen LogP) is 5.50. The number of carbonyl (C=O) groups is 1. The smallest absolute Gasteiger partial charge is 0.336 e. The van der Waals surface area contributed by atoms with Crippen LogP contribution in [0.15, 0.2) is 91.3 Å².